The molecular formula is C12H22N2O3. The Bertz CT molecular complexity index is 305. The SMILES string of the molecule is CN(C(=O)NC(C(=O)O)C(C)(C)C)C1CCC1. The van der Waals surface area contributed by atoms with Gasteiger partial charge in [0.1, 0.15) is 6.04 Å². The van der Waals surface area contributed by atoms with Gasteiger partial charge in [-0.3, -0.25) is 0 Å². The van der Waals surface area contributed by atoms with Crippen molar-refractivity contribution in [2.75, 3.05) is 7.05 Å². The van der Waals surface area contributed by atoms with Crippen molar-refractivity contribution in [3.05, 3.63) is 0 Å². The first-order chi connectivity index (χ1) is 7.73. The molecule has 2 amide bonds. The van der Waals surface area contributed by atoms with Gasteiger partial charge in [-0.15, -0.1) is 0 Å². The molecule has 1 atom stereocenters. The zero-order chi connectivity index (χ0) is 13.2. The molecule has 0 radical (unpaired) electrons. The number of urea groups is 1. The van der Waals surface area contributed by atoms with Crippen LogP contribution in [0.3, 0.4) is 0 Å². The average Bonchev–Trinajstić information content (AvgIpc) is 2.08. The van der Waals surface area contributed by atoms with Crippen LogP contribution in [0.1, 0.15) is 40.0 Å². The second-order valence-electron chi connectivity index (χ2n) is 5.78. The Balaban J connectivity index is 2.60. The van der Waals surface area contributed by atoms with Gasteiger partial charge in [0.15, 0.2) is 0 Å². The molecule has 17 heavy (non-hydrogen) atoms. The molecular weight excluding hydrogens is 220 g/mol. The number of carboxylic acids is 1. The number of rotatable bonds is 3. The van der Waals surface area contributed by atoms with E-state index in [9.17, 15) is 9.59 Å². The van der Waals surface area contributed by atoms with Gasteiger partial charge in [0.05, 0.1) is 0 Å². The molecule has 1 aliphatic rings. The lowest BCUT2D eigenvalue weighted by Crippen LogP contribution is -2.55. The molecule has 0 aromatic rings. The quantitative estimate of drug-likeness (QED) is 0.791. The standard InChI is InChI=1S/C12H22N2O3/c1-12(2,3)9(10(15)16)13-11(17)14(4)8-6-5-7-8/h8-9H,5-7H2,1-4H3,(H,13,17)(H,15,16). The normalized spacial score (nSPS) is 18.1. The average molecular weight is 242 g/mol. The van der Waals surface area contributed by atoms with Crippen LogP contribution in [0.5, 0.6) is 0 Å². The van der Waals surface area contributed by atoms with Crippen molar-refractivity contribution in [3.8, 4) is 0 Å². The number of amides is 2. The van der Waals surface area contributed by atoms with Crippen molar-refractivity contribution < 1.29 is 14.7 Å². The minimum absolute atomic E-state index is 0.268. The number of carbonyl (C=O) groups is 2. The topological polar surface area (TPSA) is 69.6 Å². The van der Waals surface area contributed by atoms with E-state index in [4.69, 9.17) is 5.11 Å². The summed E-state index contributed by atoms with van der Waals surface area (Å²) in [5, 5.41) is 11.7. The van der Waals surface area contributed by atoms with E-state index >= 15 is 0 Å². The Kier molecular flexibility index (Phi) is 4.01. The van der Waals surface area contributed by atoms with E-state index in [1.165, 1.54) is 0 Å². The van der Waals surface area contributed by atoms with Crippen LogP contribution in [0.2, 0.25) is 0 Å². The third-order valence-corrected chi connectivity index (χ3v) is 3.32. The Labute approximate surface area is 102 Å². The van der Waals surface area contributed by atoms with Gasteiger partial charge in [0.2, 0.25) is 0 Å². The molecule has 0 heterocycles. The van der Waals surface area contributed by atoms with Crippen molar-refractivity contribution in [1.29, 1.82) is 0 Å². The number of carbonyl (C=O) groups excluding carboxylic acids is 1. The Morgan fingerprint density at radius 1 is 1.35 bits per heavy atom. The van der Waals surface area contributed by atoms with E-state index in [0.29, 0.717) is 0 Å². The highest BCUT2D eigenvalue weighted by molar-refractivity contribution is 5.83. The molecule has 1 aliphatic carbocycles. The predicted octanol–water partition coefficient (Wildman–Crippen LogP) is 1.68. The van der Waals surface area contributed by atoms with E-state index in [0.717, 1.165) is 19.3 Å². The first-order valence-corrected chi connectivity index (χ1v) is 5.99. The molecule has 0 spiro atoms. The molecule has 5 heteroatoms. The lowest BCUT2D eigenvalue weighted by atomic mass is 9.87. The van der Waals surface area contributed by atoms with Crippen molar-refractivity contribution >= 4 is 12.0 Å². The number of hydrogen-bond acceptors (Lipinski definition) is 2. The summed E-state index contributed by atoms with van der Waals surface area (Å²) in [5.41, 5.74) is -0.498. The summed E-state index contributed by atoms with van der Waals surface area (Å²) in [4.78, 5) is 24.6. The van der Waals surface area contributed by atoms with Crippen molar-refractivity contribution in [2.24, 2.45) is 5.41 Å². The summed E-state index contributed by atoms with van der Waals surface area (Å²) in [6, 6.07) is -0.890. The van der Waals surface area contributed by atoms with Gasteiger partial charge in [-0.2, -0.15) is 0 Å². The highest BCUT2D eigenvalue weighted by atomic mass is 16.4. The molecule has 0 aliphatic heterocycles. The van der Waals surface area contributed by atoms with Gasteiger partial charge in [0, 0.05) is 13.1 Å². The third-order valence-electron chi connectivity index (χ3n) is 3.32. The van der Waals surface area contributed by atoms with Gasteiger partial charge >= 0.3 is 12.0 Å². The van der Waals surface area contributed by atoms with Crippen LogP contribution in [-0.2, 0) is 4.79 Å². The van der Waals surface area contributed by atoms with E-state index < -0.39 is 17.4 Å². The van der Waals surface area contributed by atoms with E-state index in [1.54, 1.807) is 32.7 Å². The van der Waals surface area contributed by atoms with Crippen LogP contribution < -0.4 is 5.32 Å². The molecule has 1 saturated carbocycles. The first kappa shape index (κ1) is 13.8. The maximum absolute atomic E-state index is 11.9. The zero-order valence-electron chi connectivity index (χ0n) is 11.0. The van der Waals surface area contributed by atoms with Crippen LogP contribution in [0, 0.1) is 5.41 Å². The van der Waals surface area contributed by atoms with Crippen molar-refractivity contribution in [1.82, 2.24) is 10.2 Å². The number of nitrogens with zero attached hydrogens (tertiary/aromatic N) is 1. The molecule has 0 aromatic heterocycles. The molecule has 0 aromatic carbocycles. The highest BCUT2D eigenvalue weighted by Crippen LogP contribution is 2.24. The second kappa shape index (κ2) is 4.94. The maximum atomic E-state index is 11.9. The smallest absolute Gasteiger partial charge is 0.326 e. The number of aliphatic carboxylic acids is 1. The Morgan fingerprint density at radius 2 is 1.88 bits per heavy atom. The van der Waals surface area contributed by atoms with Gasteiger partial charge in [-0.05, 0) is 24.7 Å². The van der Waals surface area contributed by atoms with E-state index in [2.05, 4.69) is 5.32 Å². The summed E-state index contributed by atoms with van der Waals surface area (Å²) in [6.45, 7) is 5.40. The monoisotopic (exact) mass is 242 g/mol. The van der Waals surface area contributed by atoms with Crippen molar-refractivity contribution in [3.63, 3.8) is 0 Å². The molecule has 1 fully saturated rings. The maximum Gasteiger partial charge on any atom is 0.326 e. The largest absolute Gasteiger partial charge is 0.480 e. The lowest BCUT2D eigenvalue weighted by molar-refractivity contribution is -0.142. The third kappa shape index (κ3) is 3.35. The fraction of sp³-hybridized carbons (Fsp3) is 0.833. The summed E-state index contributed by atoms with van der Waals surface area (Å²) in [5.74, 6) is -0.993. The van der Waals surface area contributed by atoms with E-state index in [-0.39, 0.29) is 12.1 Å². The number of nitrogens with one attached hydrogen (secondary N) is 1. The molecule has 0 bridgehead atoms. The number of carboxylic acid groups (broad SMARTS) is 1. The minimum atomic E-state index is -0.993. The molecule has 1 rings (SSSR count). The summed E-state index contributed by atoms with van der Waals surface area (Å²) in [7, 11) is 1.72. The Morgan fingerprint density at radius 3 is 2.18 bits per heavy atom. The van der Waals surface area contributed by atoms with Crippen LogP contribution in [0.4, 0.5) is 4.79 Å². The van der Waals surface area contributed by atoms with Gasteiger partial charge < -0.3 is 15.3 Å². The van der Waals surface area contributed by atoms with Crippen LogP contribution in [0.25, 0.3) is 0 Å². The Hall–Kier alpha value is -1.26. The fourth-order valence-corrected chi connectivity index (χ4v) is 1.81. The molecule has 5 nitrogen and oxygen atoms in total. The summed E-state index contributed by atoms with van der Waals surface area (Å²) < 4.78 is 0. The fourth-order valence-electron chi connectivity index (χ4n) is 1.81. The first-order valence-electron chi connectivity index (χ1n) is 5.99. The predicted molar refractivity (Wildman–Crippen MR) is 64.8 cm³/mol. The highest BCUT2D eigenvalue weighted by Gasteiger charge is 2.35. The molecule has 98 valence electrons. The van der Waals surface area contributed by atoms with Gasteiger partial charge in [0.25, 0.3) is 0 Å². The van der Waals surface area contributed by atoms with Crippen LogP contribution in [-0.4, -0.2) is 41.1 Å². The van der Waals surface area contributed by atoms with Gasteiger partial charge in [-0.25, -0.2) is 9.59 Å². The van der Waals surface area contributed by atoms with Crippen molar-refractivity contribution in [2.45, 2.75) is 52.1 Å². The lowest BCUT2D eigenvalue weighted by Gasteiger charge is -2.36. The molecule has 1 unspecified atom stereocenters. The minimum Gasteiger partial charge on any atom is -0.480 e. The van der Waals surface area contributed by atoms with Gasteiger partial charge in [-0.1, -0.05) is 20.8 Å². The van der Waals surface area contributed by atoms with Crippen LogP contribution >= 0.6 is 0 Å². The molecule has 0 saturated heterocycles. The number of hydrogen-bond donors (Lipinski definition) is 2. The van der Waals surface area contributed by atoms with Crippen LogP contribution in [0.15, 0.2) is 0 Å². The zero-order valence-corrected chi connectivity index (χ0v) is 11.0. The summed E-state index contributed by atoms with van der Waals surface area (Å²) >= 11 is 0. The molecule has 2 N–H and O–H groups in total. The summed E-state index contributed by atoms with van der Waals surface area (Å²) in [6.07, 6.45) is 3.16. The second-order valence-corrected chi connectivity index (χ2v) is 5.78. The van der Waals surface area contributed by atoms with E-state index in [1.807, 2.05) is 0 Å².